The first-order valence-corrected chi connectivity index (χ1v) is 12.4. The number of thioether (sulfide) groups is 1. The Hall–Kier alpha value is -3.15. The number of benzene rings is 2. The molecule has 3 amide bonds. The average Bonchev–Trinajstić information content (AvgIpc) is 3.25. The molecule has 0 aliphatic carbocycles. The predicted molar refractivity (Wildman–Crippen MR) is 129 cm³/mol. The van der Waals surface area contributed by atoms with Crippen LogP contribution in [0.4, 0.5) is 36.8 Å². The number of halogens is 6. The van der Waals surface area contributed by atoms with Crippen LogP contribution in [0.5, 0.6) is 0 Å². The summed E-state index contributed by atoms with van der Waals surface area (Å²) >= 11 is 1.61. The van der Waals surface area contributed by atoms with Gasteiger partial charge in [-0.3, -0.25) is 4.79 Å². The number of nitrogens with one attached hydrogen (secondary N) is 1. The summed E-state index contributed by atoms with van der Waals surface area (Å²) in [6.07, 6.45) is -5.94. The Bertz CT molecular complexity index is 1140. The Balaban J connectivity index is 1.42. The van der Waals surface area contributed by atoms with Gasteiger partial charge in [0.1, 0.15) is 0 Å². The predicted octanol–water partition coefficient (Wildman–Crippen LogP) is 6.34. The van der Waals surface area contributed by atoms with Crippen LogP contribution in [0.15, 0.2) is 54.6 Å². The highest BCUT2D eigenvalue weighted by atomic mass is 32.2. The van der Waals surface area contributed by atoms with E-state index in [-0.39, 0.29) is 25.1 Å². The van der Waals surface area contributed by atoms with Crippen molar-refractivity contribution in [3.05, 3.63) is 71.3 Å². The first kappa shape index (κ1) is 26.9. The zero-order valence-electron chi connectivity index (χ0n) is 19.4. The second-order valence-corrected chi connectivity index (χ2v) is 10.2. The maximum absolute atomic E-state index is 13.1. The molecule has 12 heteroatoms. The van der Waals surface area contributed by atoms with E-state index in [4.69, 9.17) is 0 Å². The van der Waals surface area contributed by atoms with E-state index >= 15 is 0 Å². The Morgan fingerprint density at radius 3 is 2.05 bits per heavy atom. The number of hydrogen-bond donors (Lipinski definition) is 1. The molecule has 0 radical (unpaired) electrons. The van der Waals surface area contributed by atoms with E-state index in [1.807, 2.05) is 30.3 Å². The standard InChI is InChI=1S/C25H23F6N3O2S/c26-24(27,28)18-14-19(25(29,30)31)16-20(15-18)32-22(36)33-10-8-23(9-11-33)34(12-13-37-23)21(35)7-6-17-4-2-1-3-5-17/h1-7,14-16H,8-13H2,(H,32,36). The molecule has 0 atom stereocenters. The fraction of sp³-hybridized carbons (Fsp3) is 0.360. The third-order valence-corrected chi connectivity index (χ3v) is 7.89. The largest absolute Gasteiger partial charge is 0.416 e. The van der Waals surface area contributed by atoms with Gasteiger partial charge < -0.3 is 15.1 Å². The molecule has 2 saturated heterocycles. The van der Waals surface area contributed by atoms with Gasteiger partial charge in [-0.2, -0.15) is 26.3 Å². The van der Waals surface area contributed by atoms with E-state index in [1.165, 1.54) is 11.0 Å². The molecule has 2 heterocycles. The van der Waals surface area contributed by atoms with Crippen LogP contribution in [0.2, 0.25) is 0 Å². The molecule has 1 N–H and O–H groups in total. The maximum Gasteiger partial charge on any atom is 0.416 e. The Morgan fingerprint density at radius 2 is 1.49 bits per heavy atom. The van der Waals surface area contributed by atoms with Gasteiger partial charge in [-0.1, -0.05) is 30.3 Å². The van der Waals surface area contributed by atoms with Gasteiger partial charge >= 0.3 is 18.4 Å². The summed E-state index contributed by atoms with van der Waals surface area (Å²) in [5.41, 5.74) is -2.72. The Kier molecular flexibility index (Phi) is 7.50. The molecule has 5 nitrogen and oxygen atoms in total. The van der Waals surface area contributed by atoms with Gasteiger partial charge in [-0.15, -0.1) is 11.8 Å². The van der Waals surface area contributed by atoms with Crippen LogP contribution >= 0.6 is 11.8 Å². The molecule has 37 heavy (non-hydrogen) atoms. The summed E-state index contributed by atoms with van der Waals surface area (Å²) in [6, 6.07) is 9.51. The molecule has 1 spiro atoms. The number of anilines is 1. The summed E-state index contributed by atoms with van der Waals surface area (Å²) in [4.78, 5) is 28.2. The van der Waals surface area contributed by atoms with Crippen molar-refractivity contribution >= 4 is 35.5 Å². The van der Waals surface area contributed by atoms with Gasteiger partial charge in [0.15, 0.2) is 0 Å². The lowest BCUT2D eigenvalue weighted by Crippen LogP contribution is -2.54. The summed E-state index contributed by atoms with van der Waals surface area (Å²) in [6.45, 7) is 0.922. The fourth-order valence-corrected chi connectivity index (χ4v) is 5.91. The minimum absolute atomic E-state index is 0.00939. The Morgan fingerprint density at radius 1 is 0.892 bits per heavy atom. The highest BCUT2D eigenvalue weighted by Gasteiger charge is 2.46. The van der Waals surface area contributed by atoms with Crippen LogP contribution in [0.1, 0.15) is 29.5 Å². The highest BCUT2D eigenvalue weighted by Crippen LogP contribution is 2.44. The van der Waals surface area contributed by atoms with Crippen LogP contribution in [-0.4, -0.2) is 52.0 Å². The average molecular weight is 544 g/mol. The fourth-order valence-electron chi connectivity index (χ4n) is 4.44. The second kappa shape index (κ2) is 10.3. The number of amides is 3. The van der Waals surface area contributed by atoms with Crippen molar-refractivity contribution in [3.63, 3.8) is 0 Å². The lowest BCUT2D eigenvalue weighted by Gasteiger charge is -2.43. The molecular weight excluding hydrogens is 520 g/mol. The van der Waals surface area contributed by atoms with Crippen molar-refractivity contribution in [1.82, 2.24) is 9.80 Å². The first-order chi connectivity index (χ1) is 17.4. The number of urea groups is 1. The number of rotatable bonds is 3. The third-order valence-electron chi connectivity index (χ3n) is 6.33. The van der Waals surface area contributed by atoms with Crippen molar-refractivity contribution in [1.29, 1.82) is 0 Å². The van der Waals surface area contributed by atoms with Gasteiger partial charge in [-0.05, 0) is 42.7 Å². The molecule has 198 valence electrons. The van der Waals surface area contributed by atoms with Crippen molar-refractivity contribution in [2.75, 3.05) is 30.7 Å². The normalized spacial score (nSPS) is 18.0. The van der Waals surface area contributed by atoms with Crippen LogP contribution in [0.25, 0.3) is 6.08 Å². The second-order valence-electron chi connectivity index (χ2n) is 8.74. The number of likely N-dealkylation sites (tertiary alicyclic amines) is 1. The molecule has 0 aromatic heterocycles. The smallest absolute Gasteiger partial charge is 0.324 e. The number of carbonyl (C=O) groups is 2. The quantitative estimate of drug-likeness (QED) is 0.363. The number of carbonyl (C=O) groups excluding carboxylic acids is 2. The minimum Gasteiger partial charge on any atom is -0.324 e. The lowest BCUT2D eigenvalue weighted by molar-refractivity contribution is -0.143. The maximum atomic E-state index is 13.1. The first-order valence-electron chi connectivity index (χ1n) is 11.4. The highest BCUT2D eigenvalue weighted by molar-refractivity contribution is 8.00. The zero-order valence-corrected chi connectivity index (χ0v) is 20.2. The summed E-state index contributed by atoms with van der Waals surface area (Å²) in [5.74, 6) is 0.567. The SMILES string of the molecule is O=C(Nc1cc(C(F)(F)F)cc(C(F)(F)F)c1)N1CCC2(CC1)SCCN2C(=O)C=Cc1ccccc1. The van der Waals surface area contributed by atoms with Gasteiger partial charge in [-0.25, -0.2) is 4.79 Å². The van der Waals surface area contributed by atoms with Gasteiger partial charge in [0.2, 0.25) is 5.91 Å². The van der Waals surface area contributed by atoms with E-state index in [1.54, 1.807) is 22.7 Å². The van der Waals surface area contributed by atoms with Gasteiger partial charge in [0.25, 0.3) is 0 Å². The lowest BCUT2D eigenvalue weighted by atomic mass is 10.0. The molecule has 2 fully saturated rings. The molecule has 4 rings (SSSR count). The van der Waals surface area contributed by atoms with E-state index in [2.05, 4.69) is 5.32 Å². The van der Waals surface area contributed by atoms with E-state index < -0.39 is 40.1 Å². The van der Waals surface area contributed by atoms with Gasteiger partial charge in [0.05, 0.1) is 16.0 Å². The van der Waals surface area contributed by atoms with E-state index in [0.717, 1.165) is 11.3 Å². The summed E-state index contributed by atoms with van der Waals surface area (Å²) < 4.78 is 78.7. The molecule has 2 aliphatic rings. The Labute approximate surface area is 213 Å². The third kappa shape index (κ3) is 6.23. The van der Waals surface area contributed by atoms with Gasteiger partial charge in [0, 0.05) is 37.2 Å². The summed E-state index contributed by atoms with van der Waals surface area (Å²) in [7, 11) is 0. The van der Waals surface area contributed by atoms with Crippen molar-refractivity contribution in [3.8, 4) is 0 Å². The van der Waals surface area contributed by atoms with Crippen LogP contribution in [-0.2, 0) is 17.1 Å². The van der Waals surface area contributed by atoms with Crippen molar-refractivity contribution in [2.24, 2.45) is 0 Å². The van der Waals surface area contributed by atoms with Crippen LogP contribution in [0.3, 0.4) is 0 Å². The molecule has 2 aliphatic heterocycles. The minimum atomic E-state index is -5.01. The van der Waals surface area contributed by atoms with Crippen molar-refractivity contribution < 1.29 is 35.9 Å². The van der Waals surface area contributed by atoms with Crippen LogP contribution < -0.4 is 5.32 Å². The molecule has 2 aromatic carbocycles. The number of hydrogen-bond acceptors (Lipinski definition) is 3. The number of piperidine rings is 1. The molecule has 0 unspecified atom stereocenters. The number of alkyl halides is 6. The molecule has 2 aromatic rings. The summed E-state index contributed by atoms with van der Waals surface area (Å²) in [5, 5.41) is 2.18. The molecular formula is C25H23F6N3O2S. The molecule has 0 bridgehead atoms. The van der Waals surface area contributed by atoms with E-state index in [9.17, 15) is 35.9 Å². The van der Waals surface area contributed by atoms with Crippen LogP contribution in [0, 0.1) is 0 Å². The monoisotopic (exact) mass is 543 g/mol. The molecule has 0 saturated carbocycles. The number of nitrogens with zero attached hydrogens (tertiary/aromatic N) is 2. The van der Waals surface area contributed by atoms with Crippen molar-refractivity contribution in [2.45, 2.75) is 30.1 Å². The topological polar surface area (TPSA) is 52.7 Å². The van der Waals surface area contributed by atoms with E-state index in [0.29, 0.717) is 31.5 Å². The zero-order chi connectivity index (χ0) is 26.8.